The third-order valence-corrected chi connectivity index (χ3v) is 6.65. The van der Waals surface area contributed by atoms with Crippen LogP contribution in [0.1, 0.15) is 21.7 Å². The summed E-state index contributed by atoms with van der Waals surface area (Å²) >= 11 is 1.50. The second-order valence-corrected chi connectivity index (χ2v) is 9.51. The van der Waals surface area contributed by atoms with E-state index in [2.05, 4.69) is 20.8 Å². The number of methoxy groups -OCH3 is 1. The predicted molar refractivity (Wildman–Crippen MR) is 154 cm³/mol. The van der Waals surface area contributed by atoms with Crippen molar-refractivity contribution in [2.75, 3.05) is 12.4 Å². The quantitative estimate of drug-likeness (QED) is 0.116. The zero-order valence-corrected chi connectivity index (χ0v) is 22.3. The van der Waals surface area contributed by atoms with E-state index in [1.54, 1.807) is 30.3 Å². The number of nitrogens with one attached hydrogen (secondary N) is 2. The van der Waals surface area contributed by atoms with Crippen LogP contribution in [0.4, 0.5) is 16.5 Å². The highest BCUT2D eigenvalue weighted by Gasteiger charge is 2.15. The Bertz CT molecular complexity index is 1690. The number of hydrazone groups is 1. The van der Waals surface area contributed by atoms with E-state index < -0.39 is 4.92 Å². The topological polar surface area (TPSA) is 132 Å². The van der Waals surface area contributed by atoms with Crippen LogP contribution in [-0.4, -0.2) is 29.1 Å². The number of hydrogen-bond donors (Lipinski definition) is 2. The summed E-state index contributed by atoms with van der Waals surface area (Å²) < 4.78 is 11.0. The molecule has 2 aromatic heterocycles. The molecule has 0 aliphatic rings. The number of aryl methyl sites for hydroxylation is 1. The highest BCUT2D eigenvalue weighted by Crippen LogP contribution is 2.34. The van der Waals surface area contributed by atoms with Crippen LogP contribution in [-0.2, 0) is 0 Å². The first-order valence-electron chi connectivity index (χ1n) is 12.1. The minimum absolute atomic E-state index is 0.0869. The van der Waals surface area contributed by atoms with Gasteiger partial charge in [0.2, 0.25) is 0 Å². The molecule has 0 atom stereocenters. The smallest absolute Gasteiger partial charge is 0.273 e. The lowest BCUT2D eigenvalue weighted by Crippen LogP contribution is -2.17. The van der Waals surface area contributed by atoms with Crippen molar-refractivity contribution in [3.8, 4) is 28.3 Å². The Morgan fingerprint density at radius 1 is 1.07 bits per heavy atom. The number of amides is 1. The number of anilines is 2. The summed E-state index contributed by atoms with van der Waals surface area (Å²) in [6.07, 6.45) is 1.37. The van der Waals surface area contributed by atoms with Gasteiger partial charge in [0, 0.05) is 28.3 Å². The fourth-order valence-electron chi connectivity index (χ4n) is 3.80. The number of carbonyl (C=O) groups is 1. The lowest BCUT2D eigenvalue weighted by Gasteiger charge is -2.05. The van der Waals surface area contributed by atoms with Crippen molar-refractivity contribution in [2.24, 2.45) is 5.10 Å². The van der Waals surface area contributed by atoms with E-state index in [-0.39, 0.29) is 11.6 Å². The normalized spacial score (nSPS) is 10.9. The number of nitro benzene ring substituents is 1. The van der Waals surface area contributed by atoms with Crippen molar-refractivity contribution in [3.63, 3.8) is 0 Å². The maximum atomic E-state index is 12.6. The predicted octanol–water partition coefficient (Wildman–Crippen LogP) is 6.80. The number of rotatable bonds is 9. The number of thiazole rings is 1. The van der Waals surface area contributed by atoms with E-state index >= 15 is 0 Å². The number of non-ortho nitro benzene ring substituents is 1. The first kappa shape index (κ1) is 26.3. The molecule has 0 aliphatic heterocycles. The van der Waals surface area contributed by atoms with Gasteiger partial charge in [-0.05, 0) is 49.4 Å². The number of furan rings is 1. The van der Waals surface area contributed by atoms with E-state index in [0.29, 0.717) is 28.4 Å². The van der Waals surface area contributed by atoms with E-state index in [1.807, 2.05) is 48.7 Å². The molecule has 5 rings (SSSR count). The maximum Gasteiger partial charge on any atom is 0.273 e. The Balaban J connectivity index is 1.19. The molecule has 0 unspecified atom stereocenters. The summed E-state index contributed by atoms with van der Waals surface area (Å²) in [5.41, 5.74) is 7.23. The fraction of sp³-hybridized carbons (Fsp3) is 0.0690. The van der Waals surface area contributed by atoms with Crippen LogP contribution in [0.3, 0.4) is 0 Å². The molecular formula is C29H23N5O5S. The molecule has 3 aromatic carbocycles. The Kier molecular flexibility index (Phi) is 7.65. The lowest BCUT2D eigenvalue weighted by molar-refractivity contribution is -0.384. The summed E-state index contributed by atoms with van der Waals surface area (Å²) in [4.78, 5) is 27.7. The number of carbonyl (C=O) groups excluding carboxylic acids is 1. The van der Waals surface area contributed by atoms with Crippen LogP contribution in [0.25, 0.3) is 22.6 Å². The van der Waals surface area contributed by atoms with Crippen molar-refractivity contribution >= 4 is 40.0 Å². The molecule has 0 radical (unpaired) electrons. The molecular weight excluding hydrogens is 530 g/mol. The molecule has 10 nitrogen and oxygen atoms in total. The average molecular weight is 554 g/mol. The molecule has 40 heavy (non-hydrogen) atoms. The number of hydrogen-bond acceptors (Lipinski definition) is 9. The molecule has 0 aliphatic carbocycles. The van der Waals surface area contributed by atoms with E-state index in [1.165, 1.54) is 42.4 Å². The van der Waals surface area contributed by atoms with Gasteiger partial charge in [0.05, 0.1) is 35.6 Å². The van der Waals surface area contributed by atoms with Crippen molar-refractivity contribution in [3.05, 3.63) is 111 Å². The number of aromatic nitrogens is 1. The third-order valence-electron chi connectivity index (χ3n) is 5.90. The zero-order valence-electron chi connectivity index (χ0n) is 21.5. The Hall–Kier alpha value is -5.29. The molecule has 1 amide bonds. The Morgan fingerprint density at radius 3 is 2.58 bits per heavy atom. The number of ether oxygens (including phenoxy) is 1. The summed E-state index contributed by atoms with van der Waals surface area (Å²) in [6.45, 7) is 2.04. The second-order valence-electron chi connectivity index (χ2n) is 8.65. The van der Waals surface area contributed by atoms with Crippen LogP contribution < -0.4 is 15.5 Å². The zero-order chi connectivity index (χ0) is 28.1. The highest BCUT2D eigenvalue weighted by molar-refractivity contribution is 7.14. The molecule has 5 aromatic rings. The summed E-state index contributed by atoms with van der Waals surface area (Å²) in [7, 11) is 1.42. The standard InChI is InChI=1S/C29H23N5O5S/c1-18-3-9-21(10-4-18)31-29-32-25(17-40-29)19-5-7-20(8-6-19)28(35)33-30-16-23-12-14-26(39-23)24-13-11-22(34(36)37)15-27(24)38-2/h3-17H,1-2H3,(H,31,32)(H,33,35)/b30-16-. The van der Waals surface area contributed by atoms with Crippen molar-refractivity contribution in [1.82, 2.24) is 10.4 Å². The molecule has 2 heterocycles. The molecule has 2 N–H and O–H groups in total. The first-order valence-corrected chi connectivity index (χ1v) is 12.9. The van der Waals surface area contributed by atoms with Crippen LogP contribution in [0.2, 0.25) is 0 Å². The van der Waals surface area contributed by atoms with Crippen LogP contribution >= 0.6 is 11.3 Å². The van der Waals surface area contributed by atoms with Crippen molar-refractivity contribution in [2.45, 2.75) is 6.92 Å². The van der Waals surface area contributed by atoms with E-state index in [4.69, 9.17) is 9.15 Å². The maximum absolute atomic E-state index is 12.6. The van der Waals surface area contributed by atoms with Crippen LogP contribution in [0, 0.1) is 17.0 Å². The molecule has 0 fully saturated rings. The van der Waals surface area contributed by atoms with Gasteiger partial charge in [0.1, 0.15) is 17.3 Å². The van der Waals surface area contributed by atoms with Gasteiger partial charge in [0.15, 0.2) is 5.13 Å². The summed E-state index contributed by atoms with van der Waals surface area (Å²) in [5, 5.41) is 21.0. The minimum Gasteiger partial charge on any atom is -0.496 e. The lowest BCUT2D eigenvalue weighted by atomic mass is 10.1. The summed E-state index contributed by atoms with van der Waals surface area (Å²) in [5.74, 6) is 0.742. The molecule has 0 saturated carbocycles. The molecule has 200 valence electrons. The number of nitro groups is 1. The second kappa shape index (κ2) is 11.6. The van der Waals surface area contributed by atoms with Gasteiger partial charge in [0.25, 0.3) is 11.6 Å². The van der Waals surface area contributed by atoms with Gasteiger partial charge in [-0.15, -0.1) is 11.3 Å². The monoisotopic (exact) mass is 553 g/mol. The number of nitrogens with zero attached hydrogens (tertiary/aromatic N) is 3. The van der Waals surface area contributed by atoms with Gasteiger partial charge < -0.3 is 14.5 Å². The van der Waals surface area contributed by atoms with E-state index in [0.717, 1.165) is 22.1 Å². The Morgan fingerprint density at radius 2 is 1.85 bits per heavy atom. The van der Waals surface area contributed by atoms with Crippen LogP contribution in [0.15, 0.2) is 93.8 Å². The van der Waals surface area contributed by atoms with Crippen molar-refractivity contribution in [1.29, 1.82) is 0 Å². The van der Waals surface area contributed by atoms with Crippen molar-refractivity contribution < 1.29 is 18.9 Å². The molecule has 0 bridgehead atoms. The number of benzene rings is 3. The largest absolute Gasteiger partial charge is 0.496 e. The molecule has 11 heteroatoms. The van der Waals surface area contributed by atoms with Gasteiger partial charge in [-0.1, -0.05) is 29.8 Å². The summed E-state index contributed by atoms with van der Waals surface area (Å²) in [6, 6.07) is 22.8. The van der Waals surface area contributed by atoms with Gasteiger partial charge in [-0.3, -0.25) is 14.9 Å². The third kappa shape index (κ3) is 6.05. The van der Waals surface area contributed by atoms with Crippen LogP contribution in [0.5, 0.6) is 5.75 Å². The first-order chi connectivity index (χ1) is 19.4. The van der Waals surface area contributed by atoms with Gasteiger partial charge in [-0.2, -0.15) is 5.10 Å². The van der Waals surface area contributed by atoms with Gasteiger partial charge in [-0.25, -0.2) is 10.4 Å². The Labute approximate surface area is 233 Å². The van der Waals surface area contributed by atoms with E-state index in [9.17, 15) is 14.9 Å². The fourth-order valence-corrected chi connectivity index (χ4v) is 4.54. The van der Waals surface area contributed by atoms with Gasteiger partial charge >= 0.3 is 0 Å². The SMILES string of the molecule is COc1cc([N+](=O)[O-])ccc1-c1ccc(/C=N\NC(=O)c2ccc(-c3csc(Nc4ccc(C)cc4)n3)cc2)o1. The minimum atomic E-state index is -0.497. The molecule has 0 spiro atoms. The molecule has 0 saturated heterocycles. The average Bonchev–Trinajstić information content (AvgIpc) is 3.64. The highest BCUT2D eigenvalue weighted by atomic mass is 32.1.